The summed E-state index contributed by atoms with van der Waals surface area (Å²) < 4.78 is 13.6. The van der Waals surface area contributed by atoms with Gasteiger partial charge in [-0.1, -0.05) is 25.5 Å². The summed E-state index contributed by atoms with van der Waals surface area (Å²) in [6, 6.07) is 10.5. The third-order valence-electron chi connectivity index (χ3n) is 2.98. The average molecular weight is 258 g/mol. The summed E-state index contributed by atoms with van der Waals surface area (Å²) in [5, 5.41) is 9.69. The molecule has 0 aromatic heterocycles. The van der Waals surface area contributed by atoms with Gasteiger partial charge in [-0.3, -0.25) is 4.79 Å². The highest BCUT2D eigenvalue weighted by Crippen LogP contribution is 2.22. The minimum Gasteiger partial charge on any atom is -0.508 e. The van der Waals surface area contributed by atoms with Crippen molar-refractivity contribution >= 4 is 5.78 Å². The smallest absolute Gasteiger partial charge is 0.195 e. The van der Waals surface area contributed by atoms with Crippen molar-refractivity contribution in [3.05, 3.63) is 65.0 Å². The molecule has 0 aliphatic carbocycles. The molecule has 0 unspecified atom stereocenters. The van der Waals surface area contributed by atoms with E-state index in [0.717, 1.165) is 6.42 Å². The molecule has 0 heterocycles. The summed E-state index contributed by atoms with van der Waals surface area (Å²) in [7, 11) is 0. The first-order valence-corrected chi connectivity index (χ1v) is 6.24. The molecule has 3 heteroatoms. The quantitative estimate of drug-likeness (QED) is 0.849. The van der Waals surface area contributed by atoms with Crippen molar-refractivity contribution in [1.29, 1.82) is 0 Å². The number of phenols is 1. The molecule has 98 valence electrons. The summed E-state index contributed by atoms with van der Waals surface area (Å²) in [4.78, 5) is 12.2. The van der Waals surface area contributed by atoms with Crippen LogP contribution in [0.2, 0.25) is 0 Å². The summed E-state index contributed by atoms with van der Waals surface area (Å²) in [5.74, 6) is -0.722. The predicted molar refractivity (Wildman–Crippen MR) is 71.9 cm³/mol. The van der Waals surface area contributed by atoms with E-state index in [1.165, 1.54) is 24.3 Å². The lowest BCUT2D eigenvalue weighted by Crippen LogP contribution is -2.04. The van der Waals surface area contributed by atoms with Crippen molar-refractivity contribution in [3.8, 4) is 5.75 Å². The van der Waals surface area contributed by atoms with E-state index >= 15 is 0 Å². The molecular formula is C16H15FO2. The van der Waals surface area contributed by atoms with Crippen molar-refractivity contribution in [2.75, 3.05) is 0 Å². The second kappa shape index (κ2) is 5.65. The van der Waals surface area contributed by atoms with Crippen LogP contribution in [0, 0.1) is 5.82 Å². The molecule has 0 aliphatic rings. The fourth-order valence-electron chi connectivity index (χ4n) is 2.00. The van der Waals surface area contributed by atoms with Crippen LogP contribution in [0.3, 0.4) is 0 Å². The predicted octanol–water partition coefficient (Wildman–Crippen LogP) is 3.71. The molecule has 0 radical (unpaired) electrons. The van der Waals surface area contributed by atoms with Gasteiger partial charge in [0.2, 0.25) is 0 Å². The lowest BCUT2D eigenvalue weighted by Gasteiger charge is -2.07. The fourth-order valence-corrected chi connectivity index (χ4v) is 2.00. The monoisotopic (exact) mass is 258 g/mol. The molecule has 0 bridgehead atoms. The van der Waals surface area contributed by atoms with Gasteiger partial charge in [-0.25, -0.2) is 4.39 Å². The van der Waals surface area contributed by atoms with E-state index < -0.39 is 5.82 Å². The maximum atomic E-state index is 13.6. The number of carbonyl (C=O) groups is 1. The first-order chi connectivity index (χ1) is 9.13. The van der Waals surface area contributed by atoms with Crippen LogP contribution in [0.5, 0.6) is 5.75 Å². The van der Waals surface area contributed by atoms with Crippen LogP contribution in [0.1, 0.15) is 34.8 Å². The van der Waals surface area contributed by atoms with Gasteiger partial charge in [0.05, 0.1) is 5.56 Å². The lowest BCUT2D eigenvalue weighted by molar-refractivity contribution is 0.103. The Labute approximate surface area is 111 Å². The molecule has 0 fully saturated rings. The van der Waals surface area contributed by atoms with E-state index in [2.05, 4.69) is 0 Å². The number of carbonyl (C=O) groups excluding carboxylic acids is 1. The molecule has 1 N–H and O–H groups in total. The number of aryl methyl sites for hydroxylation is 1. The molecule has 0 atom stereocenters. The Hall–Kier alpha value is -2.16. The minimum absolute atomic E-state index is 0.0515. The van der Waals surface area contributed by atoms with Crippen LogP contribution in [0.25, 0.3) is 0 Å². The third kappa shape index (κ3) is 2.81. The van der Waals surface area contributed by atoms with E-state index in [9.17, 15) is 14.3 Å². The molecular weight excluding hydrogens is 243 g/mol. The number of hydrogen-bond donors (Lipinski definition) is 1. The number of aromatic hydroxyl groups is 1. The highest BCUT2D eigenvalue weighted by Gasteiger charge is 2.14. The van der Waals surface area contributed by atoms with Crippen molar-refractivity contribution in [1.82, 2.24) is 0 Å². The highest BCUT2D eigenvalue weighted by atomic mass is 19.1. The van der Waals surface area contributed by atoms with Crippen LogP contribution in [-0.4, -0.2) is 10.9 Å². The Balaban J connectivity index is 2.40. The molecule has 2 nitrogen and oxygen atoms in total. The highest BCUT2D eigenvalue weighted by molar-refractivity contribution is 6.09. The molecule has 0 amide bonds. The zero-order valence-electron chi connectivity index (χ0n) is 10.7. The number of hydrogen-bond acceptors (Lipinski definition) is 2. The SMILES string of the molecule is CCCc1cc(C(=O)c2ccccc2F)ccc1O. The minimum atomic E-state index is -0.530. The van der Waals surface area contributed by atoms with Crippen LogP contribution in [-0.2, 0) is 6.42 Å². The van der Waals surface area contributed by atoms with Crippen molar-refractivity contribution in [3.63, 3.8) is 0 Å². The molecule has 0 saturated heterocycles. The topological polar surface area (TPSA) is 37.3 Å². The van der Waals surface area contributed by atoms with E-state index in [1.807, 2.05) is 6.92 Å². The van der Waals surface area contributed by atoms with Gasteiger partial charge in [0.15, 0.2) is 5.78 Å². The third-order valence-corrected chi connectivity index (χ3v) is 2.98. The molecule has 2 aromatic carbocycles. The second-order valence-corrected chi connectivity index (χ2v) is 4.40. The number of phenolic OH excluding ortho intramolecular Hbond substituents is 1. The van der Waals surface area contributed by atoms with Gasteiger partial charge in [0, 0.05) is 5.56 Å². The van der Waals surface area contributed by atoms with Gasteiger partial charge >= 0.3 is 0 Å². The average Bonchev–Trinajstić information content (AvgIpc) is 2.41. The van der Waals surface area contributed by atoms with Crippen LogP contribution in [0.4, 0.5) is 4.39 Å². The Kier molecular flexibility index (Phi) is 3.95. The van der Waals surface area contributed by atoms with Crippen molar-refractivity contribution in [2.24, 2.45) is 0 Å². The van der Waals surface area contributed by atoms with Gasteiger partial charge in [0.25, 0.3) is 0 Å². The van der Waals surface area contributed by atoms with Gasteiger partial charge in [0.1, 0.15) is 11.6 Å². The van der Waals surface area contributed by atoms with Gasteiger partial charge < -0.3 is 5.11 Å². The molecule has 19 heavy (non-hydrogen) atoms. The van der Waals surface area contributed by atoms with Crippen molar-refractivity contribution < 1.29 is 14.3 Å². The number of ketones is 1. The van der Waals surface area contributed by atoms with Crippen LogP contribution < -0.4 is 0 Å². The maximum Gasteiger partial charge on any atom is 0.195 e. The maximum absolute atomic E-state index is 13.6. The van der Waals surface area contributed by atoms with Gasteiger partial charge in [-0.15, -0.1) is 0 Å². The zero-order chi connectivity index (χ0) is 13.8. The number of benzene rings is 2. The fraction of sp³-hybridized carbons (Fsp3) is 0.188. The second-order valence-electron chi connectivity index (χ2n) is 4.40. The van der Waals surface area contributed by atoms with E-state index in [0.29, 0.717) is 17.5 Å². The standard InChI is InChI=1S/C16H15FO2/c1-2-5-11-10-12(8-9-15(11)18)16(19)13-6-3-4-7-14(13)17/h3-4,6-10,18H,2,5H2,1H3. The summed E-state index contributed by atoms with van der Waals surface area (Å²) >= 11 is 0. The summed E-state index contributed by atoms with van der Waals surface area (Å²) in [6.45, 7) is 1.99. The number of halogens is 1. The summed E-state index contributed by atoms with van der Waals surface area (Å²) in [5.41, 5.74) is 1.16. The van der Waals surface area contributed by atoms with Crippen LogP contribution >= 0.6 is 0 Å². The van der Waals surface area contributed by atoms with E-state index in [-0.39, 0.29) is 17.1 Å². The molecule has 0 aliphatic heterocycles. The van der Waals surface area contributed by atoms with E-state index in [4.69, 9.17) is 0 Å². The van der Waals surface area contributed by atoms with Gasteiger partial charge in [-0.05, 0) is 42.3 Å². The molecule has 2 aromatic rings. The molecule has 0 spiro atoms. The number of rotatable bonds is 4. The summed E-state index contributed by atoms with van der Waals surface area (Å²) in [6.07, 6.45) is 1.55. The largest absolute Gasteiger partial charge is 0.508 e. The Morgan fingerprint density at radius 3 is 2.63 bits per heavy atom. The van der Waals surface area contributed by atoms with E-state index in [1.54, 1.807) is 18.2 Å². The Morgan fingerprint density at radius 1 is 1.21 bits per heavy atom. The van der Waals surface area contributed by atoms with Crippen molar-refractivity contribution in [2.45, 2.75) is 19.8 Å². The first kappa shape index (κ1) is 13.3. The normalized spacial score (nSPS) is 10.4. The molecule has 2 rings (SSSR count). The Bertz CT molecular complexity index is 605. The zero-order valence-corrected chi connectivity index (χ0v) is 10.7. The lowest BCUT2D eigenvalue weighted by atomic mass is 9.99. The van der Waals surface area contributed by atoms with Crippen LogP contribution in [0.15, 0.2) is 42.5 Å². The molecule has 0 saturated carbocycles. The first-order valence-electron chi connectivity index (χ1n) is 6.24. The Morgan fingerprint density at radius 2 is 1.95 bits per heavy atom. The van der Waals surface area contributed by atoms with Gasteiger partial charge in [-0.2, -0.15) is 0 Å².